The van der Waals surface area contributed by atoms with Crippen LogP contribution in [-0.4, -0.2) is 41.0 Å². The molecule has 8 nitrogen and oxygen atoms in total. The van der Waals surface area contributed by atoms with E-state index in [1.54, 1.807) is 0 Å². The SMILES string of the molecule is Cn1cc(S(=O)(=O)N2C[C@@H](N)[C@H](c3ccccc3)C2)c(=O)n(C)c1=O. The molecule has 1 aromatic carbocycles. The van der Waals surface area contributed by atoms with Crippen molar-refractivity contribution in [2.45, 2.75) is 16.9 Å². The quantitative estimate of drug-likeness (QED) is 0.767. The number of hydrogen-bond donors (Lipinski definition) is 1. The van der Waals surface area contributed by atoms with Crippen molar-refractivity contribution in [3.8, 4) is 0 Å². The molecule has 25 heavy (non-hydrogen) atoms. The van der Waals surface area contributed by atoms with Crippen LogP contribution in [0.15, 0.2) is 51.0 Å². The third-order valence-electron chi connectivity index (χ3n) is 4.59. The molecule has 1 fully saturated rings. The van der Waals surface area contributed by atoms with E-state index in [2.05, 4.69) is 0 Å². The van der Waals surface area contributed by atoms with Crippen molar-refractivity contribution in [2.24, 2.45) is 19.8 Å². The van der Waals surface area contributed by atoms with Gasteiger partial charge in [-0.1, -0.05) is 30.3 Å². The van der Waals surface area contributed by atoms with Crippen LogP contribution in [0.5, 0.6) is 0 Å². The van der Waals surface area contributed by atoms with Gasteiger partial charge < -0.3 is 10.3 Å². The van der Waals surface area contributed by atoms with Gasteiger partial charge in [0.15, 0.2) is 4.90 Å². The van der Waals surface area contributed by atoms with Crippen molar-refractivity contribution >= 4 is 10.0 Å². The Morgan fingerprint density at radius 3 is 2.36 bits per heavy atom. The number of benzene rings is 1. The Morgan fingerprint density at radius 2 is 1.72 bits per heavy atom. The summed E-state index contributed by atoms with van der Waals surface area (Å²) >= 11 is 0. The molecule has 0 bridgehead atoms. The van der Waals surface area contributed by atoms with Gasteiger partial charge in [0.2, 0.25) is 10.0 Å². The van der Waals surface area contributed by atoms with Crippen molar-refractivity contribution in [3.05, 3.63) is 62.9 Å². The molecule has 1 aromatic heterocycles. The summed E-state index contributed by atoms with van der Waals surface area (Å²) < 4.78 is 29.0. The average Bonchev–Trinajstić information content (AvgIpc) is 2.99. The second-order valence-corrected chi connectivity index (χ2v) is 8.16. The Balaban J connectivity index is 2.00. The highest BCUT2D eigenvalue weighted by Gasteiger charge is 2.39. The van der Waals surface area contributed by atoms with Crippen molar-refractivity contribution in [1.29, 1.82) is 0 Å². The van der Waals surface area contributed by atoms with E-state index < -0.39 is 26.2 Å². The van der Waals surface area contributed by atoms with Gasteiger partial charge in [0, 0.05) is 45.3 Å². The molecular formula is C16H20N4O4S. The summed E-state index contributed by atoms with van der Waals surface area (Å²) in [5.74, 6) is -0.146. The summed E-state index contributed by atoms with van der Waals surface area (Å²) in [4.78, 5) is 23.6. The molecule has 3 rings (SSSR count). The van der Waals surface area contributed by atoms with Gasteiger partial charge in [-0.2, -0.15) is 4.31 Å². The average molecular weight is 364 g/mol. The Bertz CT molecular complexity index is 1010. The van der Waals surface area contributed by atoms with Gasteiger partial charge in [-0.05, 0) is 5.56 Å². The summed E-state index contributed by atoms with van der Waals surface area (Å²) in [7, 11) is -1.38. The molecule has 2 atom stereocenters. The maximum absolute atomic E-state index is 12.9. The van der Waals surface area contributed by atoms with Crippen LogP contribution in [0, 0.1) is 0 Å². The minimum Gasteiger partial charge on any atom is -0.326 e. The zero-order valence-electron chi connectivity index (χ0n) is 14.0. The number of sulfonamides is 1. The lowest BCUT2D eigenvalue weighted by atomic mass is 9.95. The number of rotatable bonds is 3. The first-order valence-electron chi connectivity index (χ1n) is 7.81. The predicted molar refractivity (Wildman–Crippen MR) is 92.8 cm³/mol. The van der Waals surface area contributed by atoms with Gasteiger partial charge in [0.1, 0.15) is 0 Å². The lowest BCUT2D eigenvalue weighted by Gasteiger charge is -2.17. The highest BCUT2D eigenvalue weighted by atomic mass is 32.2. The van der Waals surface area contributed by atoms with E-state index in [-0.39, 0.29) is 25.0 Å². The van der Waals surface area contributed by atoms with Crippen LogP contribution in [0.25, 0.3) is 0 Å². The van der Waals surface area contributed by atoms with Crippen LogP contribution in [0.2, 0.25) is 0 Å². The summed E-state index contributed by atoms with van der Waals surface area (Å²) in [6, 6.07) is 9.09. The smallest absolute Gasteiger partial charge is 0.326 e. The van der Waals surface area contributed by atoms with Crippen molar-refractivity contribution < 1.29 is 8.42 Å². The highest BCUT2D eigenvalue weighted by molar-refractivity contribution is 7.89. The van der Waals surface area contributed by atoms with E-state index in [0.717, 1.165) is 20.9 Å². The fourth-order valence-electron chi connectivity index (χ4n) is 3.13. The summed E-state index contributed by atoms with van der Waals surface area (Å²) in [5, 5.41) is 0. The van der Waals surface area contributed by atoms with Gasteiger partial charge in [0.25, 0.3) is 5.56 Å². The van der Waals surface area contributed by atoms with Crippen molar-refractivity contribution in [1.82, 2.24) is 13.4 Å². The Hall–Kier alpha value is -2.23. The van der Waals surface area contributed by atoms with Gasteiger partial charge in [-0.3, -0.25) is 9.36 Å². The molecule has 0 unspecified atom stereocenters. The van der Waals surface area contributed by atoms with E-state index in [0.29, 0.717) is 0 Å². The normalized spacial score (nSPS) is 21.6. The minimum absolute atomic E-state index is 0.119. The molecule has 1 saturated heterocycles. The van der Waals surface area contributed by atoms with Crippen molar-refractivity contribution in [3.63, 3.8) is 0 Å². The number of aromatic nitrogens is 2. The van der Waals surface area contributed by atoms with Crippen LogP contribution in [0.4, 0.5) is 0 Å². The molecule has 0 radical (unpaired) electrons. The first-order valence-corrected chi connectivity index (χ1v) is 9.25. The van der Waals surface area contributed by atoms with E-state index in [9.17, 15) is 18.0 Å². The Morgan fingerprint density at radius 1 is 1.08 bits per heavy atom. The Labute approximate surface area is 145 Å². The number of nitrogens with zero attached hydrogens (tertiary/aromatic N) is 3. The van der Waals surface area contributed by atoms with Crippen LogP contribution < -0.4 is 17.0 Å². The predicted octanol–water partition coefficient (Wildman–Crippen LogP) is -0.801. The second kappa shape index (κ2) is 6.25. The monoisotopic (exact) mass is 364 g/mol. The highest BCUT2D eigenvalue weighted by Crippen LogP contribution is 2.29. The third kappa shape index (κ3) is 2.94. The first-order chi connectivity index (χ1) is 11.7. The molecule has 2 heterocycles. The first kappa shape index (κ1) is 17.6. The maximum atomic E-state index is 12.9. The van der Waals surface area contributed by atoms with E-state index >= 15 is 0 Å². The van der Waals surface area contributed by atoms with Crippen molar-refractivity contribution in [2.75, 3.05) is 13.1 Å². The van der Waals surface area contributed by atoms with Crippen LogP contribution >= 0.6 is 0 Å². The second-order valence-electron chi connectivity index (χ2n) is 6.25. The molecule has 0 amide bonds. The summed E-state index contributed by atoms with van der Waals surface area (Å²) in [6.07, 6.45) is 1.07. The summed E-state index contributed by atoms with van der Waals surface area (Å²) in [6.45, 7) is 0.313. The van der Waals surface area contributed by atoms with Gasteiger partial charge in [0.05, 0.1) is 0 Å². The molecular weight excluding hydrogens is 344 g/mol. The molecule has 0 saturated carbocycles. The minimum atomic E-state index is -4.04. The fraction of sp³-hybridized carbons (Fsp3) is 0.375. The van der Waals surface area contributed by atoms with Crippen LogP contribution in [-0.2, 0) is 24.1 Å². The molecule has 1 aliphatic rings. The van der Waals surface area contributed by atoms with Gasteiger partial charge >= 0.3 is 5.69 Å². The van der Waals surface area contributed by atoms with E-state index in [1.807, 2.05) is 30.3 Å². The standard InChI is InChI=1S/C16H20N4O4S/c1-18-10-14(15(21)19(2)16(18)22)25(23,24)20-8-12(13(17)9-20)11-6-4-3-5-7-11/h3-7,10,12-13H,8-9,17H2,1-2H3/t12-,13+/m0/s1. The zero-order chi connectivity index (χ0) is 18.4. The number of aryl methyl sites for hydroxylation is 1. The molecule has 9 heteroatoms. The molecule has 0 spiro atoms. The maximum Gasteiger partial charge on any atom is 0.330 e. The number of nitrogens with two attached hydrogens (primary N) is 1. The fourth-order valence-corrected chi connectivity index (χ4v) is 4.78. The zero-order valence-corrected chi connectivity index (χ0v) is 14.8. The molecule has 0 aliphatic carbocycles. The van der Waals surface area contributed by atoms with Gasteiger partial charge in [-0.25, -0.2) is 13.2 Å². The van der Waals surface area contributed by atoms with E-state index in [1.165, 1.54) is 18.4 Å². The topological polar surface area (TPSA) is 107 Å². The molecule has 2 N–H and O–H groups in total. The molecule has 2 aromatic rings. The van der Waals surface area contributed by atoms with Gasteiger partial charge in [-0.15, -0.1) is 0 Å². The Kier molecular flexibility index (Phi) is 4.40. The van der Waals surface area contributed by atoms with Crippen LogP contribution in [0.3, 0.4) is 0 Å². The number of hydrogen-bond acceptors (Lipinski definition) is 5. The third-order valence-corrected chi connectivity index (χ3v) is 6.41. The van der Waals surface area contributed by atoms with E-state index in [4.69, 9.17) is 5.73 Å². The summed E-state index contributed by atoms with van der Waals surface area (Å²) in [5.41, 5.74) is 5.70. The largest absolute Gasteiger partial charge is 0.330 e. The molecule has 1 aliphatic heterocycles. The van der Waals surface area contributed by atoms with Crippen LogP contribution in [0.1, 0.15) is 11.5 Å². The lowest BCUT2D eigenvalue weighted by molar-refractivity contribution is 0.466. The molecule has 134 valence electrons. The lowest BCUT2D eigenvalue weighted by Crippen LogP contribution is -2.42.